The average Bonchev–Trinajstić information content (AvgIpc) is 3.02. The van der Waals surface area contributed by atoms with Gasteiger partial charge in [0.15, 0.2) is 0 Å². The van der Waals surface area contributed by atoms with Crippen LogP contribution in [0, 0.1) is 0 Å². The highest BCUT2D eigenvalue weighted by atomic mass is 16.4. The molecule has 1 amide bonds. The molecule has 0 aliphatic carbocycles. The van der Waals surface area contributed by atoms with Gasteiger partial charge in [-0.05, 0) is 19.3 Å². The van der Waals surface area contributed by atoms with Crippen molar-refractivity contribution in [1.29, 1.82) is 0 Å². The Balaban J connectivity index is 3.87. The van der Waals surface area contributed by atoms with Gasteiger partial charge in [0.2, 0.25) is 5.91 Å². The minimum Gasteiger partial charge on any atom is -0.481 e. The van der Waals surface area contributed by atoms with E-state index in [1.807, 2.05) is 0 Å². The largest absolute Gasteiger partial charge is 0.481 e. The second-order valence-corrected chi connectivity index (χ2v) is 14.3. The van der Waals surface area contributed by atoms with E-state index < -0.39 is 5.97 Å². The Kier molecular flexibility index (Phi) is 36.5. The van der Waals surface area contributed by atoms with E-state index >= 15 is 0 Å². The molecule has 268 valence electrons. The molecule has 2 N–H and O–H groups in total. The topological polar surface area (TPSA) is 66.4 Å². The first-order chi connectivity index (χ1) is 22.1. The maximum Gasteiger partial charge on any atom is 0.303 e. The molecule has 0 aromatic heterocycles. The Morgan fingerprint density at radius 3 is 0.933 bits per heavy atom. The summed E-state index contributed by atoms with van der Waals surface area (Å²) in [5.74, 6) is -0.774. The van der Waals surface area contributed by atoms with Crippen LogP contribution >= 0.6 is 0 Å². The number of nitrogens with one attached hydrogen (secondary N) is 1. The van der Waals surface area contributed by atoms with E-state index in [0.717, 1.165) is 12.8 Å². The summed E-state index contributed by atoms with van der Waals surface area (Å²) in [7, 11) is 0. The number of aliphatic carboxylic acids is 1. The number of carbonyl (C=O) groups excluding carboxylic acids is 1. The van der Waals surface area contributed by atoms with E-state index in [1.54, 1.807) is 0 Å². The van der Waals surface area contributed by atoms with Gasteiger partial charge in [0, 0.05) is 18.9 Å². The fourth-order valence-corrected chi connectivity index (χ4v) is 6.69. The molecule has 0 aromatic carbocycles. The molecule has 0 saturated heterocycles. The fourth-order valence-electron chi connectivity index (χ4n) is 6.69. The molecule has 0 fully saturated rings. The molecule has 1 unspecified atom stereocenters. The van der Waals surface area contributed by atoms with Crippen molar-refractivity contribution in [2.75, 3.05) is 0 Å². The van der Waals surface area contributed by atoms with E-state index in [4.69, 9.17) is 5.11 Å². The lowest BCUT2D eigenvalue weighted by Gasteiger charge is -2.19. The van der Waals surface area contributed by atoms with Gasteiger partial charge in [0.25, 0.3) is 0 Å². The molecule has 45 heavy (non-hydrogen) atoms. The van der Waals surface area contributed by atoms with Crippen LogP contribution in [0.2, 0.25) is 0 Å². The molecule has 0 saturated carbocycles. The predicted molar refractivity (Wildman–Crippen MR) is 197 cm³/mol. The van der Waals surface area contributed by atoms with Crippen LogP contribution in [-0.4, -0.2) is 23.0 Å². The van der Waals surface area contributed by atoms with E-state index in [0.29, 0.717) is 12.8 Å². The second kappa shape index (κ2) is 37.4. The quantitative estimate of drug-likeness (QED) is 0.0663. The summed E-state index contributed by atoms with van der Waals surface area (Å²) >= 11 is 0. The molecule has 0 radical (unpaired) electrons. The second-order valence-electron chi connectivity index (χ2n) is 14.3. The zero-order chi connectivity index (χ0) is 32.9. The third-order valence-electron chi connectivity index (χ3n) is 9.72. The number of carboxylic acid groups (broad SMARTS) is 1. The molecule has 0 rings (SSSR count). The van der Waals surface area contributed by atoms with Crippen LogP contribution in [0.25, 0.3) is 0 Å². The fraction of sp³-hybridized carbons (Fsp3) is 0.951. The van der Waals surface area contributed by atoms with Gasteiger partial charge < -0.3 is 10.4 Å². The van der Waals surface area contributed by atoms with Gasteiger partial charge in [-0.1, -0.05) is 213 Å². The highest BCUT2D eigenvalue weighted by Crippen LogP contribution is 2.18. The summed E-state index contributed by atoms with van der Waals surface area (Å²) in [6.07, 6.45) is 45.7. The molecular weight excluding hydrogens is 554 g/mol. The van der Waals surface area contributed by atoms with Crippen LogP contribution in [0.1, 0.15) is 245 Å². The summed E-state index contributed by atoms with van der Waals surface area (Å²) in [5.41, 5.74) is 0. The summed E-state index contributed by atoms with van der Waals surface area (Å²) in [5, 5.41) is 12.1. The Bertz CT molecular complexity index is 608. The number of carboxylic acids is 1. The lowest BCUT2D eigenvalue weighted by molar-refractivity contribution is -0.137. The zero-order valence-corrected chi connectivity index (χ0v) is 30.8. The van der Waals surface area contributed by atoms with E-state index in [-0.39, 0.29) is 18.4 Å². The van der Waals surface area contributed by atoms with E-state index in [2.05, 4.69) is 19.2 Å². The first kappa shape index (κ1) is 43.9. The molecular formula is C41H81NO3. The van der Waals surface area contributed by atoms with Gasteiger partial charge in [-0.15, -0.1) is 0 Å². The minimum atomic E-state index is -0.815. The molecule has 4 heteroatoms. The van der Waals surface area contributed by atoms with Crippen LogP contribution in [0.5, 0.6) is 0 Å². The lowest BCUT2D eigenvalue weighted by atomic mass is 9.99. The normalized spacial score (nSPS) is 12.0. The Hall–Kier alpha value is -1.06. The number of hydrogen-bond acceptors (Lipinski definition) is 2. The summed E-state index contributed by atoms with van der Waals surface area (Å²) in [6, 6.07) is 0.260. The van der Waals surface area contributed by atoms with Gasteiger partial charge >= 0.3 is 5.97 Å². The standard InChI is InChI=1S/C41H81NO3/c1-3-5-7-9-11-13-15-17-19-21-23-25-27-29-31-33-36-39(42-40(43)37-34-38-41(44)45)35-32-30-28-26-24-22-20-18-16-14-12-10-8-6-4-2/h39H,3-38H2,1-2H3,(H,42,43)(H,44,45). The third kappa shape index (κ3) is 37.3. The van der Waals surface area contributed by atoms with Crippen molar-refractivity contribution >= 4 is 11.9 Å². The predicted octanol–water partition coefficient (Wildman–Crippen LogP) is 13.6. The van der Waals surface area contributed by atoms with Crippen LogP contribution in [-0.2, 0) is 9.59 Å². The zero-order valence-electron chi connectivity index (χ0n) is 30.8. The molecule has 0 spiro atoms. The van der Waals surface area contributed by atoms with Crippen molar-refractivity contribution in [2.24, 2.45) is 0 Å². The maximum absolute atomic E-state index is 12.5. The molecule has 1 atom stereocenters. The molecule has 0 bridgehead atoms. The highest BCUT2D eigenvalue weighted by Gasteiger charge is 2.12. The van der Waals surface area contributed by atoms with Gasteiger partial charge in [-0.2, -0.15) is 0 Å². The van der Waals surface area contributed by atoms with Crippen molar-refractivity contribution < 1.29 is 14.7 Å². The molecule has 0 aliphatic rings. The maximum atomic E-state index is 12.5. The highest BCUT2D eigenvalue weighted by molar-refractivity contribution is 5.77. The average molecular weight is 636 g/mol. The van der Waals surface area contributed by atoms with Crippen LogP contribution in [0.4, 0.5) is 0 Å². The van der Waals surface area contributed by atoms with E-state index in [1.165, 1.54) is 199 Å². The third-order valence-corrected chi connectivity index (χ3v) is 9.72. The van der Waals surface area contributed by atoms with Crippen molar-refractivity contribution in [2.45, 2.75) is 251 Å². The Morgan fingerprint density at radius 1 is 0.400 bits per heavy atom. The summed E-state index contributed by atoms with van der Waals surface area (Å²) in [6.45, 7) is 4.57. The summed E-state index contributed by atoms with van der Waals surface area (Å²) in [4.78, 5) is 23.3. The van der Waals surface area contributed by atoms with E-state index in [9.17, 15) is 9.59 Å². The number of unbranched alkanes of at least 4 members (excludes halogenated alkanes) is 29. The number of carbonyl (C=O) groups is 2. The van der Waals surface area contributed by atoms with Crippen molar-refractivity contribution in [3.63, 3.8) is 0 Å². The summed E-state index contributed by atoms with van der Waals surface area (Å²) < 4.78 is 0. The van der Waals surface area contributed by atoms with Crippen molar-refractivity contribution in [1.82, 2.24) is 5.32 Å². The number of amides is 1. The molecule has 0 aromatic rings. The monoisotopic (exact) mass is 636 g/mol. The van der Waals surface area contributed by atoms with Gasteiger partial charge in [-0.3, -0.25) is 9.59 Å². The van der Waals surface area contributed by atoms with Crippen LogP contribution in [0.15, 0.2) is 0 Å². The smallest absolute Gasteiger partial charge is 0.303 e. The Morgan fingerprint density at radius 2 is 0.667 bits per heavy atom. The molecule has 0 aliphatic heterocycles. The van der Waals surface area contributed by atoms with Crippen LogP contribution < -0.4 is 5.32 Å². The van der Waals surface area contributed by atoms with Gasteiger partial charge in [-0.25, -0.2) is 0 Å². The van der Waals surface area contributed by atoms with Crippen molar-refractivity contribution in [3.05, 3.63) is 0 Å². The lowest BCUT2D eigenvalue weighted by Crippen LogP contribution is -2.34. The SMILES string of the molecule is CCCCCCCCCCCCCCCCCCC(CCCCCCCCCCCCCCCCC)NC(=O)CCCC(=O)O. The minimum absolute atomic E-state index is 0.0405. The van der Waals surface area contributed by atoms with Gasteiger partial charge in [0.1, 0.15) is 0 Å². The van der Waals surface area contributed by atoms with Crippen molar-refractivity contribution in [3.8, 4) is 0 Å². The van der Waals surface area contributed by atoms with Crippen LogP contribution in [0.3, 0.4) is 0 Å². The molecule has 4 nitrogen and oxygen atoms in total. The number of hydrogen-bond donors (Lipinski definition) is 2. The van der Waals surface area contributed by atoms with Gasteiger partial charge in [0.05, 0.1) is 0 Å². The number of rotatable bonds is 38. The first-order valence-corrected chi connectivity index (χ1v) is 20.6. The molecule has 0 heterocycles. The first-order valence-electron chi connectivity index (χ1n) is 20.6. The Labute approximate surface area is 282 Å².